The van der Waals surface area contributed by atoms with Crippen LogP contribution in [0.4, 0.5) is 17.2 Å². The summed E-state index contributed by atoms with van der Waals surface area (Å²) in [6, 6.07) is 9.27. The maximum atomic E-state index is 11.5. The Labute approximate surface area is 137 Å². The summed E-state index contributed by atoms with van der Waals surface area (Å²) in [5.41, 5.74) is 1.00. The highest BCUT2D eigenvalue weighted by atomic mass is 16.6. The summed E-state index contributed by atoms with van der Waals surface area (Å²) in [5.74, 6) is -0.00972. The van der Waals surface area contributed by atoms with Crippen molar-refractivity contribution >= 4 is 28.1 Å². The van der Waals surface area contributed by atoms with E-state index in [2.05, 4.69) is 20.3 Å². The van der Waals surface area contributed by atoms with Gasteiger partial charge in [-0.2, -0.15) is 4.98 Å². The quantitative estimate of drug-likeness (QED) is 0.566. The predicted octanol–water partition coefficient (Wildman–Crippen LogP) is 3.46. The van der Waals surface area contributed by atoms with Crippen LogP contribution in [0.2, 0.25) is 0 Å². The van der Waals surface area contributed by atoms with Crippen LogP contribution in [0, 0.1) is 10.1 Å². The van der Waals surface area contributed by atoms with Crippen LogP contribution < -0.4 is 10.1 Å². The Morgan fingerprint density at radius 2 is 1.96 bits per heavy atom. The van der Waals surface area contributed by atoms with E-state index in [-0.39, 0.29) is 23.5 Å². The molecule has 8 heteroatoms. The maximum absolute atomic E-state index is 11.5. The van der Waals surface area contributed by atoms with Gasteiger partial charge in [0.25, 0.3) is 5.88 Å². The van der Waals surface area contributed by atoms with Gasteiger partial charge in [-0.15, -0.1) is 0 Å². The second-order valence-electron chi connectivity index (χ2n) is 5.31. The Balaban J connectivity index is 2.07. The smallest absolute Gasteiger partial charge is 0.373 e. The van der Waals surface area contributed by atoms with Crippen molar-refractivity contribution in [1.82, 2.24) is 15.0 Å². The summed E-state index contributed by atoms with van der Waals surface area (Å²) < 4.78 is 5.42. The Kier molecular flexibility index (Phi) is 4.19. The summed E-state index contributed by atoms with van der Waals surface area (Å²) >= 11 is 0. The molecular formula is C16H15N5O3. The van der Waals surface area contributed by atoms with E-state index >= 15 is 0 Å². The van der Waals surface area contributed by atoms with Crippen molar-refractivity contribution in [3.05, 3.63) is 53.0 Å². The Morgan fingerprint density at radius 3 is 2.71 bits per heavy atom. The minimum absolute atomic E-state index is 0.0591. The first-order valence-electron chi connectivity index (χ1n) is 7.33. The summed E-state index contributed by atoms with van der Waals surface area (Å²) in [4.78, 5) is 23.1. The molecule has 24 heavy (non-hydrogen) atoms. The molecule has 2 heterocycles. The lowest BCUT2D eigenvalue weighted by Crippen LogP contribution is -2.11. The zero-order valence-electron chi connectivity index (χ0n) is 13.1. The molecule has 2 aromatic heterocycles. The number of para-hydroxylation sites is 1. The van der Waals surface area contributed by atoms with E-state index in [4.69, 9.17) is 4.74 Å². The van der Waals surface area contributed by atoms with Gasteiger partial charge in [-0.05, 0) is 26.0 Å². The highest BCUT2D eigenvalue weighted by Crippen LogP contribution is 2.34. The molecule has 8 nitrogen and oxygen atoms in total. The lowest BCUT2D eigenvalue weighted by atomic mass is 10.2. The van der Waals surface area contributed by atoms with Gasteiger partial charge < -0.3 is 10.1 Å². The maximum Gasteiger partial charge on any atom is 0.373 e. The molecule has 0 amide bonds. The largest absolute Gasteiger partial charge is 0.470 e. The number of nitro groups is 1. The van der Waals surface area contributed by atoms with Crippen molar-refractivity contribution in [2.24, 2.45) is 0 Å². The number of aromatic nitrogens is 3. The summed E-state index contributed by atoms with van der Waals surface area (Å²) in [7, 11) is 0. The number of hydrogen-bond donors (Lipinski definition) is 1. The van der Waals surface area contributed by atoms with Gasteiger partial charge in [0.2, 0.25) is 5.82 Å². The molecule has 0 unspecified atom stereocenters. The number of pyridine rings is 1. The van der Waals surface area contributed by atoms with Gasteiger partial charge in [-0.1, -0.05) is 18.2 Å². The summed E-state index contributed by atoms with van der Waals surface area (Å²) in [6.07, 6.45) is 2.64. The second kappa shape index (κ2) is 6.45. The van der Waals surface area contributed by atoms with Gasteiger partial charge >= 0.3 is 5.69 Å². The van der Waals surface area contributed by atoms with E-state index in [1.807, 2.05) is 24.3 Å². The first-order chi connectivity index (χ1) is 11.6. The fourth-order valence-corrected chi connectivity index (χ4v) is 2.26. The van der Waals surface area contributed by atoms with E-state index in [0.717, 1.165) is 5.39 Å². The van der Waals surface area contributed by atoms with E-state index in [1.54, 1.807) is 26.1 Å². The monoisotopic (exact) mass is 325 g/mol. The number of anilines is 2. The third-order valence-electron chi connectivity index (χ3n) is 3.20. The van der Waals surface area contributed by atoms with Crippen molar-refractivity contribution in [2.45, 2.75) is 20.0 Å². The zero-order chi connectivity index (χ0) is 17.1. The molecule has 0 atom stereocenters. The SMILES string of the molecule is CC(C)Oc1ncnc(Nc2cccc3cccnc23)c1[N+](=O)[O-]. The molecule has 0 fully saturated rings. The van der Waals surface area contributed by atoms with E-state index < -0.39 is 4.92 Å². The van der Waals surface area contributed by atoms with Crippen LogP contribution in [0.5, 0.6) is 5.88 Å². The van der Waals surface area contributed by atoms with E-state index in [1.165, 1.54) is 6.33 Å². The molecule has 0 aliphatic rings. The standard InChI is InChI=1S/C16H15N5O3/c1-10(2)24-16-14(21(22)23)15(18-9-19-16)20-12-7-3-5-11-6-4-8-17-13(11)12/h3-10H,1-2H3,(H,18,19,20). The molecule has 1 N–H and O–H groups in total. The van der Waals surface area contributed by atoms with Crippen LogP contribution in [0.25, 0.3) is 10.9 Å². The zero-order valence-corrected chi connectivity index (χ0v) is 13.1. The van der Waals surface area contributed by atoms with Crippen LogP contribution in [-0.4, -0.2) is 26.0 Å². The molecule has 0 saturated heterocycles. The van der Waals surface area contributed by atoms with Gasteiger partial charge in [0.15, 0.2) is 0 Å². The lowest BCUT2D eigenvalue weighted by molar-refractivity contribution is -0.385. The highest BCUT2D eigenvalue weighted by molar-refractivity contribution is 5.92. The fourth-order valence-electron chi connectivity index (χ4n) is 2.26. The Bertz CT molecular complexity index is 893. The van der Waals surface area contributed by atoms with Crippen LogP contribution in [0.15, 0.2) is 42.9 Å². The number of rotatable bonds is 5. The molecule has 0 bridgehead atoms. The van der Waals surface area contributed by atoms with Crippen molar-refractivity contribution in [3.63, 3.8) is 0 Å². The van der Waals surface area contributed by atoms with Crippen LogP contribution >= 0.6 is 0 Å². The van der Waals surface area contributed by atoms with Crippen molar-refractivity contribution in [1.29, 1.82) is 0 Å². The van der Waals surface area contributed by atoms with Gasteiger partial charge in [0.1, 0.15) is 6.33 Å². The van der Waals surface area contributed by atoms with Gasteiger partial charge in [-0.3, -0.25) is 15.1 Å². The normalized spacial score (nSPS) is 10.8. The number of nitrogens with one attached hydrogen (secondary N) is 1. The molecule has 3 aromatic rings. The first-order valence-corrected chi connectivity index (χ1v) is 7.33. The number of fused-ring (bicyclic) bond motifs is 1. The third kappa shape index (κ3) is 3.07. The number of ether oxygens (including phenoxy) is 1. The molecule has 122 valence electrons. The van der Waals surface area contributed by atoms with Crippen molar-refractivity contribution < 1.29 is 9.66 Å². The molecule has 0 saturated carbocycles. The third-order valence-corrected chi connectivity index (χ3v) is 3.20. The summed E-state index contributed by atoms with van der Waals surface area (Å²) in [5, 5.41) is 15.4. The number of benzene rings is 1. The van der Waals surface area contributed by atoms with E-state index in [9.17, 15) is 10.1 Å². The molecule has 0 radical (unpaired) electrons. The average molecular weight is 325 g/mol. The topological polar surface area (TPSA) is 103 Å². The minimum Gasteiger partial charge on any atom is -0.470 e. The number of nitrogens with zero attached hydrogens (tertiary/aromatic N) is 4. The highest BCUT2D eigenvalue weighted by Gasteiger charge is 2.25. The Hall–Kier alpha value is -3.29. The van der Waals surface area contributed by atoms with Crippen molar-refractivity contribution in [2.75, 3.05) is 5.32 Å². The summed E-state index contributed by atoms with van der Waals surface area (Å²) in [6.45, 7) is 3.54. The lowest BCUT2D eigenvalue weighted by Gasteiger charge is -2.12. The van der Waals surface area contributed by atoms with Crippen LogP contribution in [0.3, 0.4) is 0 Å². The van der Waals surface area contributed by atoms with Gasteiger partial charge in [0, 0.05) is 11.6 Å². The number of hydrogen-bond acceptors (Lipinski definition) is 7. The molecular weight excluding hydrogens is 310 g/mol. The van der Waals surface area contributed by atoms with Crippen LogP contribution in [-0.2, 0) is 0 Å². The molecule has 0 spiro atoms. The van der Waals surface area contributed by atoms with Gasteiger partial charge in [-0.25, -0.2) is 4.98 Å². The van der Waals surface area contributed by atoms with Crippen LogP contribution in [0.1, 0.15) is 13.8 Å². The predicted molar refractivity (Wildman–Crippen MR) is 89.5 cm³/mol. The Morgan fingerprint density at radius 1 is 1.17 bits per heavy atom. The van der Waals surface area contributed by atoms with Gasteiger partial charge in [0.05, 0.1) is 22.2 Å². The average Bonchev–Trinajstić information content (AvgIpc) is 2.54. The minimum atomic E-state index is -0.557. The first kappa shape index (κ1) is 15.6. The van der Waals surface area contributed by atoms with Crippen molar-refractivity contribution in [3.8, 4) is 5.88 Å². The molecule has 0 aliphatic heterocycles. The molecule has 0 aliphatic carbocycles. The molecule has 1 aromatic carbocycles. The second-order valence-corrected chi connectivity index (χ2v) is 5.31. The fraction of sp³-hybridized carbons (Fsp3) is 0.188. The molecule has 3 rings (SSSR count). The van der Waals surface area contributed by atoms with E-state index in [0.29, 0.717) is 11.2 Å².